The monoisotopic (exact) mass is 418 g/mol. The SMILES string of the molecule is COCc1ccccc1NC(N)=NCC1CCCN(C)C1.I. The van der Waals surface area contributed by atoms with E-state index in [0.717, 1.165) is 24.3 Å². The first-order valence-corrected chi connectivity index (χ1v) is 7.51. The van der Waals surface area contributed by atoms with Crippen molar-refractivity contribution in [2.24, 2.45) is 16.6 Å². The number of piperidine rings is 1. The zero-order chi connectivity index (χ0) is 15.1. The fourth-order valence-electron chi connectivity index (χ4n) is 2.75. The quantitative estimate of drug-likeness (QED) is 0.438. The van der Waals surface area contributed by atoms with Gasteiger partial charge in [-0.3, -0.25) is 4.99 Å². The lowest BCUT2D eigenvalue weighted by molar-refractivity contribution is 0.185. The molecule has 1 aromatic carbocycles. The van der Waals surface area contributed by atoms with E-state index in [1.54, 1.807) is 7.11 Å². The van der Waals surface area contributed by atoms with Crippen molar-refractivity contribution >= 4 is 35.6 Å². The Labute approximate surface area is 150 Å². The molecule has 1 unspecified atom stereocenters. The highest BCUT2D eigenvalue weighted by Crippen LogP contribution is 2.17. The predicted octanol–water partition coefficient (Wildman–Crippen LogP) is 2.52. The molecule has 1 fully saturated rings. The Kier molecular flexibility index (Phi) is 8.74. The maximum atomic E-state index is 6.01. The van der Waals surface area contributed by atoms with Gasteiger partial charge in [0.05, 0.1) is 6.61 Å². The number of ether oxygens (including phenoxy) is 1. The maximum absolute atomic E-state index is 6.01. The molecule has 1 aliphatic heterocycles. The maximum Gasteiger partial charge on any atom is 0.193 e. The molecular weight excluding hydrogens is 391 g/mol. The van der Waals surface area contributed by atoms with Crippen LogP contribution in [0.3, 0.4) is 0 Å². The Balaban J connectivity index is 0.00000242. The number of halogens is 1. The van der Waals surface area contributed by atoms with E-state index in [1.807, 2.05) is 24.3 Å². The molecule has 6 heteroatoms. The van der Waals surface area contributed by atoms with Crippen LogP contribution >= 0.6 is 24.0 Å². The van der Waals surface area contributed by atoms with Gasteiger partial charge in [0.25, 0.3) is 0 Å². The van der Waals surface area contributed by atoms with Gasteiger partial charge in [-0.15, -0.1) is 24.0 Å². The molecule has 1 saturated heterocycles. The number of guanidine groups is 1. The number of aliphatic imine (C=N–C) groups is 1. The Morgan fingerprint density at radius 2 is 2.23 bits per heavy atom. The van der Waals surface area contributed by atoms with Crippen LogP contribution in [0.25, 0.3) is 0 Å². The van der Waals surface area contributed by atoms with Gasteiger partial charge in [0.1, 0.15) is 0 Å². The standard InChI is InChI=1S/C16H26N4O.HI/c1-20-9-5-6-13(11-20)10-18-16(17)19-15-8-4-3-7-14(15)12-21-2;/h3-4,7-8,13H,5-6,9-12H2,1-2H3,(H3,17,18,19);1H. The Hall–Kier alpha value is -0.860. The lowest BCUT2D eigenvalue weighted by Crippen LogP contribution is -2.34. The number of nitrogens with zero attached hydrogens (tertiary/aromatic N) is 2. The van der Waals surface area contributed by atoms with Gasteiger partial charge in [-0.25, -0.2) is 0 Å². The third-order valence-corrected chi connectivity index (χ3v) is 3.82. The normalized spacial score (nSPS) is 19.5. The number of benzene rings is 1. The van der Waals surface area contributed by atoms with E-state index in [-0.39, 0.29) is 24.0 Å². The van der Waals surface area contributed by atoms with Crippen molar-refractivity contribution in [2.75, 3.05) is 39.1 Å². The highest BCUT2D eigenvalue weighted by atomic mass is 127. The lowest BCUT2D eigenvalue weighted by Gasteiger charge is -2.28. The predicted molar refractivity (Wildman–Crippen MR) is 103 cm³/mol. The summed E-state index contributed by atoms with van der Waals surface area (Å²) in [6.45, 7) is 3.65. The minimum atomic E-state index is 0. The molecule has 1 atom stereocenters. The minimum Gasteiger partial charge on any atom is -0.380 e. The number of hydrogen-bond donors (Lipinski definition) is 2. The largest absolute Gasteiger partial charge is 0.380 e. The molecule has 0 aliphatic carbocycles. The minimum absolute atomic E-state index is 0. The molecule has 1 aromatic rings. The zero-order valence-corrected chi connectivity index (χ0v) is 15.7. The van der Waals surface area contributed by atoms with Gasteiger partial charge in [0.15, 0.2) is 5.96 Å². The second kappa shape index (κ2) is 10.0. The van der Waals surface area contributed by atoms with Gasteiger partial charge in [0, 0.05) is 31.5 Å². The van der Waals surface area contributed by atoms with E-state index < -0.39 is 0 Å². The van der Waals surface area contributed by atoms with Crippen LogP contribution in [0.4, 0.5) is 5.69 Å². The third-order valence-electron chi connectivity index (χ3n) is 3.82. The molecule has 0 radical (unpaired) electrons. The number of nitrogens with one attached hydrogen (secondary N) is 1. The van der Waals surface area contributed by atoms with Gasteiger partial charge < -0.3 is 20.7 Å². The van der Waals surface area contributed by atoms with E-state index in [1.165, 1.54) is 19.4 Å². The summed E-state index contributed by atoms with van der Waals surface area (Å²) in [5, 5.41) is 3.18. The van der Waals surface area contributed by atoms with Crippen molar-refractivity contribution in [2.45, 2.75) is 19.4 Å². The Morgan fingerprint density at radius 3 is 2.95 bits per heavy atom. The summed E-state index contributed by atoms with van der Waals surface area (Å²) in [5.41, 5.74) is 8.05. The van der Waals surface area contributed by atoms with Gasteiger partial charge in [-0.05, 0) is 38.4 Å². The molecule has 0 spiro atoms. The molecule has 0 aromatic heterocycles. The number of para-hydroxylation sites is 1. The molecule has 1 aliphatic rings. The van der Waals surface area contributed by atoms with Gasteiger partial charge in [0.2, 0.25) is 0 Å². The average Bonchev–Trinajstić information content (AvgIpc) is 2.48. The second-order valence-electron chi connectivity index (χ2n) is 5.71. The zero-order valence-electron chi connectivity index (χ0n) is 13.4. The summed E-state index contributed by atoms with van der Waals surface area (Å²) < 4.78 is 5.19. The van der Waals surface area contributed by atoms with Crippen molar-refractivity contribution in [3.63, 3.8) is 0 Å². The molecule has 124 valence electrons. The molecule has 1 heterocycles. The molecule has 0 saturated carbocycles. The molecule has 0 bridgehead atoms. The number of methoxy groups -OCH3 is 1. The van der Waals surface area contributed by atoms with Crippen LogP contribution in [0.5, 0.6) is 0 Å². The van der Waals surface area contributed by atoms with Crippen molar-refractivity contribution in [3.05, 3.63) is 29.8 Å². The van der Waals surface area contributed by atoms with Crippen molar-refractivity contribution in [1.82, 2.24) is 4.90 Å². The summed E-state index contributed by atoms with van der Waals surface area (Å²) in [5.74, 6) is 1.09. The van der Waals surface area contributed by atoms with E-state index in [0.29, 0.717) is 18.5 Å². The van der Waals surface area contributed by atoms with Crippen LogP contribution < -0.4 is 11.1 Å². The topological polar surface area (TPSA) is 62.9 Å². The number of hydrogen-bond acceptors (Lipinski definition) is 3. The van der Waals surface area contributed by atoms with E-state index in [4.69, 9.17) is 10.5 Å². The molecule has 5 nitrogen and oxygen atoms in total. The van der Waals surface area contributed by atoms with Gasteiger partial charge in [-0.1, -0.05) is 18.2 Å². The first kappa shape index (κ1) is 19.2. The van der Waals surface area contributed by atoms with E-state index in [2.05, 4.69) is 22.3 Å². The second-order valence-corrected chi connectivity index (χ2v) is 5.71. The first-order valence-electron chi connectivity index (χ1n) is 7.51. The average molecular weight is 418 g/mol. The van der Waals surface area contributed by atoms with Crippen LogP contribution in [0.1, 0.15) is 18.4 Å². The lowest BCUT2D eigenvalue weighted by atomic mass is 9.99. The summed E-state index contributed by atoms with van der Waals surface area (Å²) in [6.07, 6.45) is 2.49. The van der Waals surface area contributed by atoms with Crippen LogP contribution in [0, 0.1) is 5.92 Å². The smallest absolute Gasteiger partial charge is 0.193 e. The molecule has 22 heavy (non-hydrogen) atoms. The van der Waals surface area contributed by atoms with Crippen LogP contribution in [0.15, 0.2) is 29.3 Å². The fraction of sp³-hybridized carbons (Fsp3) is 0.562. The van der Waals surface area contributed by atoms with Crippen LogP contribution in [-0.4, -0.2) is 44.7 Å². The first-order chi connectivity index (χ1) is 10.2. The fourth-order valence-corrected chi connectivity index (χ4v) is 2.75. The van der Waals surface area contributed by atoms with Gasteiger partial charge >= 0.3 is 0 Å². The molecule has 0 amide bonds. The van der Waals surface area contributed by atoms with Crippen LogP contribution in [0.2, 0.25) is 0 Å². The summed E-state index contributed by atoms with van der Waals surface area (Å²) in [6, 6.07) is 7.98. The highest BCUT2D eigenvalue weighted by molar-refractivity contribution is 14.0. The number of rotatable bonds is 5. The Morgan fingerprint density at radius 1 is 1.45 bits per heavy atom. The summed E-state index contributed by atoms with van der Waals surface area (Å²) in [4.78, 5) is 6.86. The van der Waals surface area contributed by atoms with E-state index in [9.17, 15) is 0 Å². The van der Waals surface area contributed by atoms with E-state index >= 15 is 0 Å². The number of anilines is 1. The third kappa shape index (κ3) is 6.10. The molecule has 3 N–H and O–H groups in total. The molecular formula is C16H27IN4O. The van der Waals surface area contributed by atoms with Crippen LogP contribution in [-0.2, 0) is 11.3 Å². The van der Waals surface area contributed by atoms with Gasteiger partial charge in [-0.2, -0.15) is 0 Å². The number of likely N-dealkylation sites (tertiary alicyclic amines) is 1. The number of nitrogens with two attached hydrogens (primary N) is 1. The summed E-state index contributed by atoms with van der Waals surface area (Å²) >= 11 is 0. The summed E-state index contributed by atoms with van der Waals surface area (Å²) in [7, 11) is 3.85. The molecule has 2 rings (SSSR count). The Bertz CT molecular complexity index is 481. The van der Waals surface area contributed by atoms with Crippen molar-refractivity contribution in [3.8, 4) is 0 Å². The van der Waals surface area contributed by atoms with Crippen molar-refractivity contribution < 1.29 is 4.74 Å². The highest BCUT2D eigenvalue weighted by Gasteiger charge is 2.16. The van der Waals surface area contributed by atoms with Crippen molar-refractivity contribution in [1.29, 1.82) is 0 Å².